The van der Waals surface area contributed by atoms with Crippen molar-refractivity contribution in [2.24, 2.45) is 11.7 Å². The second kappa shape index (κ2) is 5.89. The third kappa shape index (κ3) is 2.33. The normalized spacial score (nSPS) is 39.3. The highest BCUT2D eigenvalue weighted by molar-refractivity contribution is 5.03. The van der Waals surface area contributed by atoms with E-state index in [1.165, 1.54) is 51.7 Å². The highest BCUT2D eigenvalue weighted by Crippen LogP contribution is 2.42. The molecule has 0 spiro atoms. The lowest BCUT2D eigenvalue weighted by molar-refractivity contribution is -0.00915. The molecule has 1 saturated carbocycles. The Morgan fingerprint density at radius 3 is 2.61 bits per heavy atom. The highest BCUT2D eigenvalue weighted by Gasteiger charge is 2.46. The molecule has 0 aromatic carbocycles. The van der Waals surface area contributed by atoms with E-state index in [9.17, 15) is 0 Å². The molecule has 2 aliphatic rings. The first-order valence-corrected chi connectivity index (χ1v) is 7.83. The van der Waals surface area contributed by atoms with Gasteiger partial charge in [-0.3, -0.25) is 4.90 Å². The first kappa shape index (κ1) is 14.3. The van der Waals surface area contributed by atoms with Gasteiger partial charge in [0.1, 0.15) is 0 Å². The van der Waals surface area contributed by atoms with Gasteiger partial charge in [0.2, 0.25) is 0 Å². The molecule has 2 N–H and O–H groups in total. The van der Waals surface area contributed by atoms with Gasteiger partial charge in [-0.1, -0.05) is 26.7 Å². The Labute approximate surface area is 113 Å². The summed E-state index contributed by atoms with van der Waals surface area (Å²) in [6.07, 6.45) is 6.63. The summed E-state index contributed by atoms with van der Waals surface area (Å²) in [6.45, 7) is 9.14. The minimum Gasteiger partial charge on any atom is -0.329 e. The zero-order valence-corrected chi connectivity index (χ0v) is 12.5. The summed E-state index contributed by atoms with van der Waals surface area (Å²) < 4.78 is 0. The lowest BCUT2D eigenvalue weighted by Crippen LogP contribution is -2.63. The van der Waals surface area contributed by atoms with Crippen molar-refractivity contribution in [3.63, 3.8) is 0 Å². The molecule has 2 rings (SSSR count). The molecule has 0 radical (unpaired) electrons. The van der Waals surface area contributed by atoms with Crippen molar-refractivity contribution < 1.29 is 0 Å². The Balaban J connectivity index is 2.13. The van der Waals surface area contributed by atoms with Crippen molar-refractivity contribution >= 4 is 0 Å². The molecule has 1 aliphatic carbocycles. The second-order valence-corrected chi connectivity index (χ2v) is 6.29. The Hall–Kier alpha value is -0.120. The summed E-state index contributed by atoms with van der Waals surface area (Å²) in [7, 11) is 2.27. The van der Waals surface area contributed by atoms with Gasteiger partial charge in [0.25, 0.3) is 0 Å². The molecule has 18 heavy (non-hydrogen) atoms. The van der Waals surface area contributed by atoms with Crippen molar-refractivity contribution in [3.05, 3.63) is 0 Å². The fourth-order valence-corrected chi connectivity index (χ4v) is 4.32. The van der Waals surface area contributed by atoms with Crippen molar-refractivity contribution in [3.8, 4) is 0 Å². The molecule has 106 valence electrons. The summed E-state index contributed by atoms with van der Waals surface area (Å²) in [5, 5.41) is 0. The summed E-state index contributed by atoms with van der Waals surface area (Å²) in [4.78, 5) is 5.28. The van der Waals surface area contributed by atoms with Crippen LogP contribution in [0.4, 0.5) is 0 Å². The average Bonchev–Trinajstić information content (AvgIpc) is 2.83. The largest absolute Gasteiger partial charge is 0.329 e. The number of rotatable bonds is 4. The number of nitrogens with two attached hydrogens (primary N) is 1. The van der Waals surface area contributed by atoms with E-state index in [1.54, 1.807) is 0 Å². The van der Waals surface area contributed by atoms with Gasteiger partial charge in [-0.25, -0.2) is 0 Å². The molecule has 3 atom stereocenters. The first-order chi connectivity index (χ1) is 8.67. The number of hydrogen-bond acceptors (Lipinski definition) is 3. The standard InChI is InChI=1S/C15H31N3/c1-4-13-7-6-8-15(13,12-16)18-10-9-17(3)14(5-2)11-18/h13-14H,4-12,16H2,1-3H3. The third-order valence-corrected chi connectivity index (χ3v) is 5.65. The Morgan fingerprint density at radius 2 is 2.00 bits per heavy atom. The van der Waals surface area contributed by atoms with Crippen LogP contribution in [0.3, 0.4) is 0 Å². The van der Waals surface area contributed by atoms with E-state index in [-0.39, 0.29) is 0 Å². The molecule has 0 aromatic rings. The van der Waals surface area contributed by atoms with Gasteiger partial charge in [0.15, 0.2) is 0 Å². The van der Waals surface area contributed by atoms with E-state index in [1.807, 2.05) is 0 Å². The van der Waals surface area contributed by atoms with Crippen LogP contribution in [0.15, 0.2) is 0 Å². The van der Waals surface area contributed by atoms with E-state index in [4.69, 9.17) is 5.73 Å². The monoisotopic (exact) mass is 253 g/mol. The molecule has 3 nitrogen and oxygen atoms in total. The van der Waals surface area contributed by atoms with E-state index < -0.39 is 0 Å². The first-order valence-electron chi connectivity index (χ1n) is 7.83. The summed E-state index contributed by atoms with van der Waals surface area (Å²) in [6, 6.07) is 0.722. The molecule has 0 bridgehead atoms. The van der Waals surface area contributed by atoms with Crippen LogP contribution in [-0.4, -0.2) is 54.6 Å². The zero-order valence-electron chi connectivity index (χ0n) is 12.5. The molecule has 1 aliphatic heterocycles. The number of nitrogens with zero attached hydrogens (tertiary/aromatic N) is 2. The molecule has 0 aromatic heterocycles. The molecule has 1 heterocycles. The molecule has 2 fully saturated rings. The minimum absolute atomic E-state index is 0.323. The van der Waals surface area contributed by atoms with Crippen LogP contribution >= 0.6 is 0 Å². The van der Waals surface area contributed by atoms with Gasteiger partial charge in [0, 0.05) is 37.8 Å². The molecule has 1 saturated heterocycles. The molecule has 3 heteroatoms. The van der Waals surface area contributed by atoms with Crippen molar-refractivity contribution in [2.75, 3.05) is 33.2 Å². The summed E-state index contributed by atoms with van der Waals surface area (Å²) in [5.74, 6) is 0.823. The lowest BCUT2D eigenvalue weighted by Gasteiger charge is -2.50. The maximum absolute atomic E-state index is 6.23. The van der Waals surface area contributed by atoms with Gasteiger partial charge >= 0.3 is 0 Å². The zero-order chi connectivity index (χ0) is 13.2. The lowest BCUT2D eigenvalue weighted by atomic mass is 9.82. The predicted octanol–water partition coefficient (Wildman–Crippen LogP) is 1.92. The number of piperazine rings is 1. The second-order valence-electron chi connectivity index (χ2n) is 6.29. The minimum atomic E-state index is 0.323. The van der Waals surface area contributed by atoms with E-state index >= 15 is 0 Å². The van der Waals surface area contributed by atoms with E-state index in [0.29, 0.717) is 5.54 Å². The van der Waals surface area contributed by atoms with Crippen LogP contribution in [0.2, 0.25) is 0 Å². The van der Waals surface area contributed by atoms with E-state index in [2.05, 4.69) is 30.7 Å². The van der Waals surface area contributed by atoms with Crippen LogP contribution in [0, 0.1) is 5.92 Å². The summed E-state index contributed by atoms with van der Waals surface area (Å²) in [5.41, 5.74) is 6.55. The highest BCUT2D eigenvalue weighted by atomic mass is 15.3. The molecule has 3 unspecified atom stereocenters. The maximum Gasteiger partial charge on any atom is 0.0360 e. The maximum atomic E-state index is 6.23. The smallest absolute Gasteiger partial charge is 0.0360 e. The van der Waals surface area contributed by atoms with Gasteiger partial charge in [0.05, 0.1) is 0 Å². The molecule has 0 amide bonds. The van der Waals surface area contributed by atoms with Gasteiger partial charge in [-0.2, -0.15) is 0 Å². The van der Waals surface area contributed by atoms with Crippen molar-refractivity contribution in [2.45, 2.75) is 57.5 Å². The topological polar surface area (TPSA) is 32.5 Å². The van der Waals surface area contributed by atoms with Gasteiger partial charge in [-0.05, 0) is 32.2 Å². The van der Waals surface area contributed by atoms with Crippen molar-refractivity contribution in [1.82, 2.24) is 9.80 Å². The van der Waals surface area contributed by atoms with E-state index in [0.717, 1.165) is 18.5 Å². The molecular weight excluding hydrogens is 222 g/mol. The van der Waals surface area contributed by atoms with Crippen LogP contribution in [-0.2, 0) is 0 Å². The predicted molar refractivity (Wildman–Crippen MR) is 77.7 cm³/mol. The number of likely N-dealkylation sites (N-methyl/N-ethyl adjacent to an activating group) is 1. The molecular formula is C15H31N3. The van der Waals surface area contributed by atoms with Gasteiger partial charge < -0.3 is 10.6 Å². The van der Waals surface area contributed by atoms with Crippen molar-refractivity contribution in [1.29, 1.82) is 0 Å². The Morgan fingerprint density at radius 1 is 1.22 bits per heavy atom. The SMILES string of the molecule is CCC1CN(C2(CN)CCCC2CC)CCN1C. The van der Waals surface area contributed by atoms with Crippen LogP contribution in [0.5, 0.6) is 0 Å². The fourth-order valence-electron chi connectivity index (χ4n) is 4.32. The van der Waals surface area contributed by atoms with Crippen LogP contribution in [0.25, 0.3) is 0 Å². The quantitative estimate of drug-likeness (QED) is 0.831. The van der Waals surface area contributed by atoms with Gasteiger partial charge in [-0.15, -0.1) is 0 Å². The van der Waals surface area contributed by atoms with Crippen LogP contribution < -0.4 is 5.73 Å². The summed E-state index contributed by atoms with van der Waals surface area (Å²) >= 11 is 0. The van der Waals surface area contributed by atoms with Crippen LogP contribution in [0.1, 0.15) is 46.0 Å². The Bertz CT molecular complexity index is 268. The fraction of sp³-hybridized carbons (Fsp3) is 1.00. The Kier molecular flexibility index (Phi) is 4.68. The average molecular weight is 253 g/mol. The third-order valence-electron chi connectivity index (χ3n) is 5.65. The number of hydrogen-bond donors (Lipinski definition) is 1.